The van der Waals surface area contributed by atoms with E-state index in [9.17, 15) is 10.8 Å². The Labute approximate surface area is 414 Å². The van der Waals surface area contributed by atoms with E-state index >= 15 is 0 Å². The van der Waals surface area contributed by atoms with Crippen LogP contribution in [-0.2, 0) is 0 Å². The SMILES string of the molecule is CC(C)c1cccc(C(C)C)c1N1C(=N)C(=N)N(c2c(C(C)C)cccc2C(C)C)C1=Nn1c2ccc(-n3c4ccccc4c4ccccc43)cc2c2cc(-n3c4ccccc4c4ccccc43)ccc21. The Kier molecular flexibility index (Phi) is 10.4. The number of nitrogens with zero attached hydrogens (tertiary/aromatic N) is 6. The quantitative estimate of drug-likeness (QED) is 0.151. The third kappa shape index (κ3) is 6.68. The molecule has 8 aromatic carbocycles. The number of nitrogens with one attached hydrogen (secondary N) is 2. The molecule has 2 N–H and O–H groups in total. The van der Waals surface area contributed by atoms with Crippen LogP contribution in [0.5, 0.6) is 0 Å². The molecule has 0 aliphatic carbocycles. The van der Waals surface area contributed by atoms with Crippen molar-refractivity contribution in [2.24, 2.45) is 5.10 Å². The monoisotopic (exact) mass is 926 g/mol. The molecule has 4 heterocycles. The minimum absolute atomic E-state index is 0.0927. The number of amidine groups is 2. The highest BCUT2D eigenvalue weighted by Crippen LogP contribution is 2.44. The first kappa shape index (κ1) is 44.0. The number of guanidine groups is 1. The molecular weight excluding hydrogens is 869 g/mol. The lowest BCUT2D eigenvalue weighted by Crippen LogP contribution is -2.38. The summed E-state index contributed by atoms with van der Waals surface area (Å²) in [6.07, 6.45) is 0. The third-order valence-electron chi connectivity index (χ3n) is 14.8. The predicted molar refractivity (Wildman–Crippen MR) is 301 cm³/mol. The fourth-order valence-corrected chi connectivity index (χ4v) is 11.4. The summed E-state index contributed by atoms with van der Waals surface area (Å²) < 4.78 is 6.84. The van der Waals surface area contributed by atoms with E-state index < -0.39 is 0 Å². The van der Waals surface area contributed by atoms with Crippen molar-refractivity contribution in [2.45, 2.75) is 79.1 Å². The van der Waals surface area contributed by atoms with Crippen LogP contribution in [0.15, 0.2) is 175 Å². The van der Waals surface area contributed by atoms with Crippen molar-refractivity contribution >= 4 is 94.4 Å². The Morgan fingerprint density at radius 2 is 0.648 bits per heavy atom. The molecule has 8 nitrogen and oxygen atoms in total. The maximum Gasteiger partial charge on any atom is 0.240 e. The highest BCUT2D eigenvalue weighted by molar-refractivity contribution is 6.63. The number of aromatic nitrogens is 3. The Bertz CT molecular complexity index is 3610. The van der Waals surface area contributed by atoms with Crippen LogP contribution >= 0.6 is 0 Å². The molecule has 0 radical (unpaired) electrons. The summed E-state index contributed by atoms with van der Waals surface area (Å²) >= 11 is 0. The zero-order valence-corrected chi connectivity index (χ0v) is 41.7. The molecule has 1 aliphatic heterocycles. The average molecular weight is 927 g/mol. The number of hydrogen-bond acceptors (Lipinski definition) is 3. The smallest absolute Gasteiger partial charge is 0.240 e. The third-order valence-corrected chi connectivity index (χ3v) is 14.8. The molecule has 1 fully saturated rings. The molecule has 0 bridgehead atoms. The van der Waals surface area contributed by atoms with Gasteiger partial charge in [-0.15, -0.1) is 5.10 Å². The molecule has 1 aliphatic rings. The zero-order chi connectivity index (χ0) is 49.0. The fourth-order valence-electron chi connectivity index (χ4n) is 11.4. The molecular formula is C63H58N8. The van der Waals surface area contributed by atoms with Crippen molar-refractivity contribution in [3.8, 4) is 11.4 Å². The van der Waals surface area contributed by atoms with Gasteiger partial charge >= 0.3 is 0 Å². The largest absolute Gasteiger partial charge is 0.309 e. The summed E-state index contributed by atoms with van der Waals surface area (Å²) in [5, 5.41) is 33.0. The molecule has 0 spiro atoms. The highest BCUT2D eigenvalue weighted by atomic mass is 15.5. The first-order valence-corrected chi connectivity index (χ1v) is 25.1. The number of fused-ring (bicyclic) bond motifs is 9. The van der Waals surface area contributed by atoms with Gasteiger partial charge in [0.2, 0.25) is 5.96 Å². The molecule has 1 saturated heterocycles. The van der Waals surface area contributed by atoms with Crippen molar-refractivity contribution in [1.82, 2.24) is 13.8 Å². The van der Waals surface area contributed by atoms with E-state index in [1.807, 2.05) is 9.80 Å². The van der Waals surface area contributed by atoms with Gasteiger partial charge in [-0.1, -0.05) is 165 Å². The molecule has 8 heteroatoms. The molecule has 71 heavy (non-hydrogen) atoms. The Balaban J connectivity index is 1.20. The summed E-state index contributed by atoms with van der Waals surface area (Å²) in [4.78, 5) is 3.95. The highest BCUT2D eigenvalue weighted by Gasteiger charge is 2.44. The van der Waals surface area contributed by atoms with Crippen LogP contribution < -0.4 is 9.80 Å². The van der Waals surface area contributed by atoms with E-state index in [0.717, 1.165) is 88.9 Å². The lowest BCUT2D eigenvalue weighted by atomic mass is 9.91. The number of anilines is 2. The molecule has 350 valence electrons. The van der Waals surface area contributed by atoms with Crippen LogP contribution in [0.3, 0.4) is 0 Å². The number of para-hydroxylation sites is 6. The molecule has 0 saturated carbocycles. The molecule has 11 aromatic rings. The summed E-state index contributed by atoms with van der Waals surface area (Å²) in [7, 11) is 0. The minimum Gasteiger partial charge on any atom is -0.309 e. The second-order valence-corrected chi connectivity index (χ2v) is 20.4. The van der Waals surface area contributed by atoms with Gasteiger partial charge in [-0.2, -0.15) is 0 Å². The van der Waals surface area contributed by atoms with Gasteiger partial charge in [0.25, 0.3) is 0 Å². The van der Waals surface area contributed by atoms with Crippen LogP contribution in [-0.4, -0.2) is 31.4 Å². The first-order chi connectivity index (χ1) is 34.4. The van der Waals surface area contributed by atoms with Crippen molar-refractivity contribution in [3.05, 3.63) is 192 Å². The average Bonchev–Trinajstić information content (AvgIpc) is 4.07. The molecule has 12 rings (SSSR count). The normalized spacial score (nSPS) is 13.5. The van der Waals surface area contributed by atoms with Crippen molar-refractivity contribution in [1.29, 1.82) is 10.8 Å². The van der Waals surface area contributed by atoms with Crippen molar-refractivity contribution < 1.29 is 0 Å². The molecule has 0 atom stereocenters. The second-order valence-electron chi connectivity index (χ2n) is 20.4. The predicted octanol–water partition coefficient (Wildman–Crippen LogP) is 16.6. The van der Waals surface area contributed by atoms with Crippen LogP contribution in [0.4, 0.5) is 11.4 Å². The summed E-state index contributed by atoms with van der Waals surface area (Å²) in [6.45, 7) is 17.7. The zero-order valence-electron chi connectivity index (χ0n) is 41.7. The number of benzene rings is 8. The molecule has 0 unspecified atom stereocenters. The van der Waals surface area contributed by atoms with Crippen LogP contribution in [0.1, 0.15) is 101 Å². The molecule has 3 aromatic heterocycles. The fraction of sp³-hybridized carbons (Fsp3) is 0.190. The topological polar surface area (TPSA) is 81.3 Å². The van der Waals surface area contributed by atoms with Gasteiger partial charge in [-0.25, -0.2) is 4.68 Å². The van der Waals surface area contributed by atoms with Crippen LogP contribution in [0.2, 0.25) is 0 Å². The Morgan fingerprint density at radius 3 is 0.958 bits per heavy atom. The van der Waals surface area contributed by atoms with E-state index in [-0.39, 0.29) is 35.3 Å². The Hall–Kier alpha value is -8.23. The van der Waals surface area contributed by atoms with E-state index in [1.54, 1.807) is 0 Å². The van der Waals surface area contributed by atoms with Crippen LogP contribution in [0.25, 0.3) is 76.8 Å². The first-order valence-electron chi connectivity index (χ1n) is 25.1. The number of hydrogen-bond donors (Lipinski definition) is 2. The van der Waals surface area contributed by atoms with Gasteiger partial charge in [0.1, 0.15) is 0 Å². The van der Waals surface area contributed by atoms with E-state index in [4.69, 9.17) is 5.10 Å². The second kappa shape index (κ2) is 16.7. The van der Waals surface area contributed by atoms with E-state index in [1.165, 1.54) is 21.5 Å². The van der Waals surface area contributed by atoms with Crippen molar-refractivity contribution in [3.63, 3.8) is 0 Å². The maximum absolute atomic E-state index is 10.1. The van der Waals surface area contributed by atoms with Gasteiger partial charge in [0.15, 0.2) is 11.7 Å². The van der Waals surface area contributed by atoms with Crippen molar-refractivity contribution in [2.75, 3.05) is 9.80 Å². The van der Waals surface area contributed by atoms with Gasteiger partial charge in [-0.3, -0.25) is 20.6 Å². The lowest BCUT2D eigenvalue weighted by Gasteiger charge is -2.30. The summed E-state index contributed by atoms with van der Waals surface area (Å²) in [6, 6.07) is 61.1. The van der Waals surface area contributed by atoms with Gasteiger partial charge in [-0.05, 0) is 107 Å². The minimum atomic E-state index is 0.0927. The van der Waals surface area contributed by atoms with Gasteiger partial charge in [0.05, 0.1) is 44.5 Å². The van der Waals surface area contributed by atoms with E-state index in [0.29, 0.717) is 5.96 Å². The maximum atomic E-state index is 10.1. The standard InChI is InChI=1S/C63H58N8/c1-37(2)43-23-17-24-44(38(3)4)59(43)69-61(64)62(65)70(60-45(39(5)6)25-18-26-46(60)40(7)8)63(69)66-71-57-33-31-41(67-53-27-13-9-19-47(53)48-20-10-14-28-54(48)67)35-51(57)52-36-42(32-34-58(52)71)68-55-29-15-11-21-49(55)50-22-12-16-30-56(50)68/h9-40,64-65H,1-8H3. The Morgan fingerprint density at radius 1 is 0.338 bits per heavy atom. The van der Waals surface area contributed by atoms with Gasteiger partial charge in [0, 0.05) is 43.7 Å². The van der Waals surface area contributed by atoms with Crippen LogP contribution in [0, 0.1) is 10.8 Å². The lowest BCUT2D eigenvalue weighted by molar-refractivity contribution is 0.829. The summed E-state index contributed by atoms with van der Waals surface area (Å²) in [5.41, 5.74) is 14.8. The number of rotatable bonds is 9. The summed E-state index contributed by atoms with van der Waals surface area (Å²) in [5.74, 6) is 1.25. The van der Waals surface area contributed by atoms with Gasteiger partial charge < -0.3 is 9.13 Å². The van der Waals surface area contributed by atoms with E-state index in [2.05, 4.69) is 239 Å². The molecule has 0 amide bonds.